The molecule has 8 heteroatoms. The molecule has 0 bridgehead atoms. The molecule has 0 saturated carbocycles. The van der Waals surface area contributed by atoms with E-state index in [1.54, 1.807) is 12.5 Å². The molecule has 0 spiro atoms. The summed E-state index contributed by atoms with van der Waals surface area (Å²) in [5.74, 6) is -0.176. The van der Waals surface area contributed by atoms with Crippen LogP contribution in [0, 0.1) is 10.1 Å². The molecule has 82 valence electrons. The minimum absolute atomic E-state index is 0.176. The van der Waals surface area contributed by atoms with Crippen molar-refractivity contribution in [1.29, 1.82) is 0 Å². The van der Waals surface area contributed by atoms with Gasteiger partial charge in [0.15, 0.2) is 5.03 Å². The molecule has 8 nitrogen and oxygen atoms in total. The molecule has 0 amide bonds. The van der Waals surface area contributed by atoms with E-state index in [1.807, 2.05) is 0 Å². The van der Waals surface area contributed by atoms with E-state index in [9.17, 15) is 10.1 Å². The first-order valence-corrected chi connectivity index (χ1v) is 4.38. The number of aromatic nitrogens is 2. The topological polar surface area (TPSA) is 122 Å². The van der Waals surface area contributed by atoms with Gasteiger partial charge in [-0.3, -0.25) is 0 Å². The van der Waals surface area contributed by atoms with Crippen LogP contribution in [0.1, 0.15) is 12.1 Å². The molecule has 1 aromatic rings. The third-order valence-electron chi connectivity index (χ3n) is 1.67. The molecule has 0 aliphatic carbocycles. The summed E-state index contributed by atoms with van der Waals surface area (Å²) < 4.78 is 0. The molecule has 0 atom stereocenters. The Morgan fingerprint density at radius 1 is 1.80 bits per heavy atom. The zero-order chi connectivity index (χ0) is 11.1. The van der Waals surface area contributed by atoms with Gasteiger partial charge in [0.25, 0.3) is 5.96 Å². The Hall–Kier alpha value is -2.12. The Morgan fingerprint density at radius 2 is 2.60 bits per heavy atom. The molecule has 1 rings (SSSR count). The number of nitrogens with zero attached hydrogens (tertiary/aromatic N) is 3. The minimum Gasteiger partial charge on any atom is -0.365 e. The highest BCUT2D eigenvalue weighted by molar-refractivity contribution is 5.76. The van der Waals surface area contributed by atoms with E-state index in [4.69, 9.17) is 5.73 Å². The Kier molecular flexibility index (Phi) is 4.07. The molecule has 0 aromatic carbocycles. The van der Waals surface area contributed by atoms with Gasteiger partial charge in [0.2, 0.25) is 0 Å². The lowest BCUT2D eigenvalue weighted by Crippen LogP contribution is -2.33. The Balaban J connectivity index is 2.14. The van der Waals surface area contributed by atoms with E-state index >= 15 is 0 Å². The molecule has 0 saturated heterocycles. The first kappa shape index (κ1) is 11.0. The SMILES string of the molecule is NC(=N[N+](=O)[O-])NCCCc1cnc[nH]1. The van der Waals surface area contributed by atoms with E-state index in [2.05, 4.69) is 20.4 Å². The lowest BCUT2D eigenvalue weighted by atomic mass is 10.2. The highest BCUT2D eigenvalue weighted by Crippen LogP contribution is 1.94. The fourth-order valence-corrected chi connectivity index (χ4v) is 1.04. The molecule has 4 N–H and O–H groups in total. The summed E-state index contributed by atoms with van der Waals surface area (Å²) in [6.07, 6.45) is 4.93. The maximum Gasteiger partial charge on any atom is 0.266 e. The van der Waals surface area contributed by atoms with E-state index in [-0.39, 0.29) is 5.96 Å². The van der Waals surface area contributed by atoms with Crippen molar-refractivity contribution in [3.63, 3.8) is 0 Å². The van der Waals surface area contributed by atoms with Crippen LogP contribution < -0.4 is 11.1 Å². The number of nitrogens with two attached hydrogens (primary N) is 1. The fourth-order valence-electron chi connectivity index (χ4n) is 1.04. The number of nitrogens with one attached hydrogen (secondary N) is 2. The maximum absolute atomic E-state index is 9.91. The third-order valence-corrected chi connectivity index (χ3v) is 1.67. The van der Waals surface area contributed by atoms with Crippen molar-refractivity contribution in [2.45, 2.75) is 12.8 Å². The van der Waals surface area contributed by atoms with Gasteiger partial charge in [-0.05, 0) is 12.8 Å². The molecule has 0 fully saturated rings. The van der Waals surface area contributed by atoms with Crippen LogP contribution in [0.3, 0.4) is 0 Å². The van der Waals surface area contributed by atoms with Crippen molar-refractivity contribution < 1.29 is 5.03 Å². The van der Waals surface area contributed by atoms with Crippen LogP contribution in [0.15, 0.2) is 17.6 Å². The maximum atomic E-state index is 9.91. The standard InChI is InChI=1S/C7H12N6O2/c8-7(12-13(14)15)10-3-1-2-6-4-9-5-11-6/h4-5H,1-3H2,(H,9,11)(H3,8,10,12). The zero-order valence-electron chi connectivity index (χ0n) is 8.01. The lowest BCUT2D eigenvalue weighted by Gasteiger charge is -2.01. The monoisotopic (exact) mass is 212 g/mol. The van der Waals surface area contributed by atoms with E-state index in [0.29, 0.717) is 6.54 Å². The van der Waals surface area contributed by atoms with Gasteiger partial charge in [0.05, 0.1) is 6.33 Å². The molecular formula is C7H12N6O2. The molecule has 0 aliphatic heterocycles. The Labute approximate surface area is 85.7 Å². The van der Waals surface area contributed by atoms with Crippen molar-refractivity contribution in [3.8, 4) is 0 Å². The van der Waals surface area contributed by atoms with E-state index in [1.165, 1.54) is 0 Å². The second-order valence-electron chi connectivity index (χ2n) is 2.83. The van der Waals surface area contributed by atoms with E-state index in [0.717, 1.165) is 18.5 Å². The first-order chi connectivity index (χ1) is 7.18. The van der Waals surface area contributed by atoms with Crippen molar-refractivity contribution in [2.24, 2.45) is 10.8 Å². The van der Waals surface area contributed by atoms with Crippen LogP contribution in [0.4, 0.5) is 0 Å². The second kappa shape index (κ2) is 5.58. The van der Waals surface area contributed by atoms with Gasteiger partial charge in [-0.1, -0.05) is 0 Å². The van der Waals surface area contributed by atoms with Crippen molar-refractivity contribution in [1.82, 2.24) is 15.3 Å². The van der Waals surface area contributed by atoms with Crippen LogP contribution in [-0.2, 0) is 6.42 Å². The number of hydrogen-bond acceptors (Lipinski definition) is 3. The van der Waals surface area contributed by atoms with E-state index < -0.39 is 5.03 Å². The van der Waals surface area contributed by atoms with Crippen molar-refractivity contribution in [3.05, 3.63) is 28.3 Å². The number of nitro groups is 1. The summed E-state index contributed by atoms with van der Waals surface area (Å²) in [5, 5.41) is 14.6. The normalized spacial score (nSPS) is 11.3. The van der Waals surface area contributed by atoms with Crippen LogP contribution in [-0.4, -0.2) is 27.5 Å². The number of aryl methyl sites for hydroxylation is 1. The first-order valence-electron chi connectivity index (χ1n) is 4.38. The fraction of sp³-hybridized carbons (Fsp3) is 0.429. The van der Waals surface area contributed by atoms with Gasteiger partial charge < -0.3 is 16.0 Å². The largest absolute Gasteiger partial charge is 0.365 e. The summed E-state index contributed by atoms with van der Waals surface area (Å²) >= 11 is 0. The number of hydrogen-bond donors (Lipinski definition) is 3. The smallest absolute Gasteiger partial charge is 0.266 e. The molecule has 0 aliphatic rings. The van der Waals surface area contributed by atoms with Crippen molar-refractivity contribution >= 4 is 5.96 Å². The molecular weight excluding hydrogens is 200 g/mol. The highest BCUT2D eigenvalue weighted by Gasteiger charge is 1.98. The number of hydrazone groups is 1. The zero-order valence-corrected chi connectivity index (χ0v) is 8.01. The summed E-state index contributed by atoms with van der Waals surface area (Å²) in [7, 11) is 0. The quantitative estimate of drug-likeness (QED) is 0.198. The number of imidazole rings is 1. The van der Waals surface area contributed by atoms with Gasteiger partial charge in [0, 0.05) is 18.4 Å². The average molecular weight is 212 g/mol. The van der Waals surface area contributed by atoms with Crippen LogP contribution >= 0.6 is 0 Å². The van der Waals surface area contributed by atoms with Crippen LogP contribution in [0.2, 0.25) is 0 Å². The number of guanidine groups is 1. The van der Waals surface area contributed by atoms with Crippen molar-refractivity contribution in [2.75, 3.05) is 6.54 Å². The molecule has 0 radical (unpaired) electrons. The van der Waals surface area contributed by atoms with Crippen LogP contribution in [0.5, 0.6) is 0 Å². The van der Waals surface area contributed by atoms with Gasteiger partial charge in [0.1, 0.15) is 5.10 Å². The molecule has 1 aromatic heterocycles. The number of H-pyrrole nitrogens is 1. The summed E-state index contributed by atoms with van der Waals surface area (Å²) in [4.78, 5) is 16.7. The summed E-state index contributed by atoms with van der Waals surface area (Å²) in [6.45, 7) is 0.530. The minimum atomic E-state index is -0.836. The highest BCUT2D eigenvalue weighted by atomic mass is 16.7. The lowest BCUT2D eigenvalue weighted by molar-refractivity contribution is -0.485. The number of rotatable bonds is 5. The Bertz CT molecular complexity index is 333. The second-order valence-corrected chi connectivity index (χ2v) is 2.83. The molecule has 0 unspecified atom stereocenters. The van der Waals surface area contributed by atoms with Gasteiger partial charge >= 0.3 is 0 Å². The Morgan fingerprint density at radius 3 is 3.20 bits per heavy atom. The number of aromatic amines is 1. The van der Waals surface area contributed by atoms with Gasteiger partial charge in [-0.15, -0.1) is 0 Å². The third kappa shape index (κ3) is 4.60. The van der Waals surface area contributed by atoms with Gasteiger partial charge in [-0.25, -0.2) is 15.1 Å². The van der Waals surface area contributed by atoms with Crippen LogP contribution in [0.25, 0.3) is 0 Å². The predicted octanol–water partition coefficient (Wildman–Crippen LogP) is -0.562. The summed E-state index contributed by atoms with van der Waals surface area (Å²) in [6, 6.07) is 0. The predicted molar refractivity (Wildman–Crippen MR) is 53.5 cm³/mol. The average Bonchev–Trinajstić information content (AvgIpc) is 2.63. The van der Waals surface area contributed by atoms with Gasteiger partial charge in [-0.2, -0.15) is 0 Å². The molecule has 15 heavy (non-hydrogen) atoms. The summed E-state index contributed by atoms with van der Waals surface area (Å²) in [5.41, 5.74) is 6.23. The molecule has 1 heterocycles.